The zero-order valence-corrected chi connectivity index (χ0v) is 46.7. The quantitative estimate of drug-likeness (QED) is 0.0261. The van der Waals surface area contributed by atoms with Crippen LogP contribution in [-0.4, -0.2) is 37.2 Å². The molecule has 0 rings (SSSR count). The fourth-order valence-electron chi connectivity index (χ4n) is 7.77. The van der Waals surface area contributed by atoms with Gasteiger partial charge in [-0.05, 0) is 109 Å². The number of allylic oxidation sites excluding steroid dienone is 20. The molecule has 0 amide bonds. The fourth-order valence-corrected chi connectivity index (χ4v) is 7.77. The molecule has 0 aliphatic heterocycles. The lowest BCUT2D eigenvalue weighted by Crippen LogP contribution is -2.30. The van der Waals surface area contributed by atoms with Gasteiger partial charge in [-0.15, -0.1) is 0 Å². The van der Waals surface area contributed by atoms with Crippen molar-refractivity contribution < 1.29 is 28.6 Å². The summed E-state index contributed by atoms with van der Waals surface area (Å²) in [6.07, 6.45) is 82.0. The van der Waals surface area contributed by atoms with Crippen molar-refractivity contribution in [3.63, 3.8) is 0 Å². The third-order valence-electron chi connectivity index (χ3n) is 12.2. The van der Waals surface area contributed by atoms with Crippen molar-refractivity contribution in [3.05, 3.63) is 122 Å². The van der Waals surface area contributed by atoms with Crippen molar-refractivity contribution in [1.82, 2.24) is 0 Å². The van der Waals surface area contributed by atoms with Gasteiger partial charge in [0.2, 0.25) is 0 Å². The van der Waals surface area contributed by atoms with Gasteiger partial charge in [0.15, 0.2) is 6.10 Å². The van der Waals surface area contributed by atoms with Crippen LogP contribution in [0.2, 0.25) is 0 Å². The van der Waals surface area contributed by atoms with Crippen LogP contribution in [0.25, 0.3) is 0 Å². The summed E-state index contributed by atoms with van der Waals surface area (Å²) in [4.78, 5) is 38.0. The summed E-state index contributed by atoms with van der Waals surface area (Å²) in [6, 6.07) is 0. The van der Waals surface area contributed by atoms with Gasteiger partial charge < -0.3 is 14.2 Å². The molecule has 0 aromatic rings. The Kier molecular flexibility index (Phi) is 55.9. The van der Waals surface area contributed by atoms with Crippen molar-refractivity contribution in [1.29, 1.82) is 0 Å². The number of ether oxygens (including phenoxy) is 3. The van der Waals surface area contributed by atoms with E-state index in [0.29, 0.717) is 19.3 Å². The van der Waals surface area contributed by atoms with Gasteiger partial charge >= 0.3 is 17.9 Å². The number of carbonyl (C=O) groups excluding carboxylic acids is 3. The Bertz CT molecular complexity index is 1520. The predicted molar refractivity (Wildman–Crippen MR) is 311 cm³/mol. The predicted octanol–water partition coefficient (Wildman–Crippen LogP) is 20.0. The van der Waals surface area contributed by atoms with E-state index in [1.54, 1.807) is 0 Å². The first-order valence-electron chi connectivity index (χ1n) is 29.5. The van der Waals surface area contributed by atoms with E-state index in [9.17, 15) is 14.4 Å². The summed E-state index contributed by atoms with van der Waals surface area (Å²) in [5.74, 6) is -0.938. The van der Waals surface area contributed by atoms with Crippen molar-refractivity contribution in [2.45, 2.75) is 264 Å². The number of carbonyl (C=O) groups is 3. The Hall–Kier alpha value is -4.19. The molecule has 0 heterocycles. The molecule has 0 fully saturated rings. The summed E-state index contributed by atoms with van der Waals surface area (Å²) in [5, 5.41) is 0. The van der Waals surface area contributed by atoms with E-state index < -0.39 is 6.10 Å². The summed E-state index contributed by atoms with van der Waals surface area (Å²) in [7, 11) is 0. The molecule has 0 aromatic carbocycles. The smallest absolute Gasteiger partial charge is 0.306 e. The van der Waals surface area contributed by atoms with Crippen molar-refractivity contribution >= 4 is 17.9 Å². The van der Waals surface area contributed by atoms with Crippen LogP contribution in [0.4, 0.5) is 0 Å². The van der Waals surface area contributed by atoms with E-state index in [1.165, 1.54) is 83.5 Å². The van der Waals surface area contributed by atoms with E-state index in [1.807, 2.05) is 0 Å². The van der Waals surface area contributed by atoms with Gasteiger partial charge in [0.25, 0.3) is 0 Å². The van der Waals surface area contributed by atoms with E-state index in [-0.39, 0.29) is 31.1 Å². The van der Waals surface area contributed by atoms with Gasteiger partial charge in [0, 0.05) is 19.3 Å². The van der Waals surface area contributed by atoms with E-state index in [0.717, 1.165) is 135 Å². The lowest BCUT2D eigenvalue weighted by molar-refractivity contribution is -0.167. The van der Waals surface area contributed by atoms with Crippen LogP contribution >= 0.6 is 0 Å². The average Bonchev–Trinajstić information content (AvgIpc) is 3.38. The Morgan fingerprint density at radius 2 is 0.556 bits per heavy atom. The lowest BCUT2D eigenvalue weighted by atomic mass is 10.0. The number of esters is 3. The minimum absolute atomic E-state index is 0.0933. The second-order valence-corrected chi connectivity index (χ2v) is 19.2. The molecule has 72 heavy (non-hydrogen) atoms. The third-order valence-corrected chi connectivity index (χ3v) is 12.2. The normalized spacial score (nSPS) is 13.0. The maximum Gasteiger partial charge on any atom is 0.306 e. The molecule has 0 saturated carbocycles. The largest absolute Gasteiger partial charge is 0.462 e. The fraction of sp³-hybridized carbons (Fsp3) is 0.652. The van der Waals surface area contributed by atoms with Crippen molar-refractivity contribution in [2.24, 2.45) is 0 Å². The molecule has 0 spiro atoms. The highest BCUT2D eigenvalue weighted by molar-refractivity contribution is 5.71. The standard InChI is InChI=1S/C66H108O6/c1-4-7-10-13-16-19-22-24-25-26-27-28-29-30-31-32-33-34-35-36-37-38-39-40-41-42-45-47-50-53-56-59-65(68)71-62-63(61-70-64(67)58-55-52-49-46-43-21-18-15-12-9-6-3)72-66(69)60-57-54-51-48-44-23-20-17-14-11-8-5-2/h7,10,15-16,18-19,24-25,27-28,30-31,33-34,36-37,39-40,42,45,63H,4-6,8-9,11-14,17,20-23,26,29,32,35,38,41,43-44,46-62H2,1-3H3/b10-7-,18-15-,19-16-,25-24-,28-27-,31-30-,34-33-,37-36-,40-39-,45-42-. The molecule has 0 saturated heterocycles. The molecule has 0 aliphatic carbocycles. The van der Waals surface area contributed by atoms with Gasteiger partial charge in [0.1, 0.15) is 13.2 Å². The van der Waals surface area contributed by atoms with Crippen LogP contribution in [0.5, 0.6) is 0 Å². The molecule has 1 atom stereocenters. The summed E-state index contributed by atoms with van der Waals surface area (Å²) in [5.41, 5.74) is 0. The van der Waals surface area contributed by atoms with Crippen molar-refractivity contribution in [2.75, 3.05) is 13.2 Å². The Morgan fingerprint density at radius 3 is 0.917 bits per heavy atom. The SMILES string of the molecule is CC/C=C\C/C=C\C/C=C\C/C=C\C/C=C\C/C=C\C/C=C\C/C=C\C/C=C\CCCCCC(=O)OCC(COC(=O)CCCCCCC/C=C\CCCC)OC(=O)CCCCCCCCCCCCCC. The van der Waals surface area contributed by atoms with Crippen LogP contribution < -0.4 is 0 Å². The van der Waals surface area contributed by atoms with Crippen LogP contribution in [0.15, 0.2) is 122 Å². The van der Waals surface area contributed by atoms with Gasteiger partial charge in [-0.3, -0.25) is 14.4 Å². The second kappa shape index (κ2) is 59.4. The highest BCUT2D eigenvalue weighted by Gasteiger charge is 2.19. The van der Waals surface area contributed by atoms with Crippen LogP contribution in [0.1, 0.15) is 258 Å². The average molecular weight is 998 g/mol. The zero-order valence-electron chi connectivity index (χ0n) is 46.7. The van der Waals surface area contributed by atoms with E-state index >= 15 is 0 Å². The maximum atomic E-state index is 12.8. The number of hydrogen-bond donors (Lipinski definition) is 0. The topological polar surface area (TPSA) is 78.9 Å². The second-order valence-electron chi connectivity index (χ2n) is 19.2. The molecule has 6 nitrogen and oxygen atoms in total. The minimum Gasteiger partial charge on any atom is -0.462 e. The highest BCUT2D eigenvalue weighted by atomic mass is 16.6. The molecule has 0 aromatic heterocycles. The summed E-state index contributed by atoms with van der Waals surface area (Å²) in [6.45, 7) is 6.44. The lowest BCUT2D eigenvalue weighted by Gasteiger charge is -2.18. The number of unbranched alkanes of at least 4 members (excludes halogenated alkanes) is 21. The summed E-state index contributed by atoms with van der Waals surface area (Å²) < 4.78 is 16.8. The van der Waals surface area contributed by atoms with Gasteiger partial charge in [-0.2, -0.15) is 0 Å². The van der Waals surface area contributed by atoms with Crippen LogP contribution in [0.3, 0.4) is 0 Å². The molecule has 6 heteroatoms. The monoisotopic (exact) mass is 997 g/mol. The van der Waals surface area contributed by atoms with Gasteiger partial charge in [0.05, 0.1) is 0 Å². The first-order valence-corrected chi connectivity index (χ1v) is 29.5. The third kappa shape index (κ3) is 56.7. The van der Waals surface area contributed by atoms with Crippen molar-refractivity contribution in [3.8, 4) is 0 Å². The molecular formula is C66H108O6. The Labute approximate surface area is 443 Å². The van der Waals surface area contributed by atoms with Crippen LogP contribution in [0, 0.1) is 0 Å². The maximum absolute atomic E-state index is 12.8. The molecule has 0 aliphatic rings. The molecule has 1 unspecified atom stereocenters. The molecule has 0 radical (unpaired) electrons. The highest BCUT2D eigenvalue weighted by Crippen LogP contribution is 2.14. The first kappa shape index (κ1) is 67.8. The van der Waals surface area contributed by atoms with Gasteiger partial charge in [-0.25, -0.2) is 0 Å². The molecule has 0 bridgehead atoms. The van der Waals surface area contributed by atoms with E-state index in [4.69, 9.17) is 14.2 Å². The molecular weight excluding hydrogens is 889 g/mol. The summed E-state index contributed by atoms with van der Waals surface area (Å²) >= 11 is 0. The first-order chi connectivity index (χ1) is 35.5. The Morgan fingerprint density at radius 1 is 0.292 bits per heavy atom. The molecule has 408 valence electrons. The van der Waals surface area contributed by atoms with E-state index in [2.05, 4.69) is 142 Å². The van der Waals surface area contributed by atoms with Gasteiger partial charge in [-0.1, -0.05) is 251 Å². The number of hydrogen-bond acceptors (Lipinski definition) is 6. The minimum atomic E-state index is -0.795. The van der Waals surface area contributed by atoms with Crippen LogP contribution in [-0.2, 0) is 28.6 Å². The zero-order chi connectivity index (χ0) is 52.2. The molecule has 0 N–H and O–H groups in total. The number of rotatable bonds is 52. The Balaban J connectivity index is 4.31.